The molecule has 1 aliphatic carbocycles. The van der Waals surface area contributed by atoms with Gasteiger partial charge in [-0.05, 0) is 41.8 Å². The number of nitrogens with zero attached hydrogens (tertiary/aromatic N) is 1. The van der Waals surface area contributed by atoms with Gasteiger partial charge in [0.1, 0.15) is 0 Å². The first-order valence-corrected chi connectivity index (χ1v) is 7.67. The number of ketones is 1. The normalized spacial score (nSPS) is 19.3. The number of carbonyl (C=O) groups excluding carboxylic acids is 2. The summed E-state index contributed by atoms with van der Waals surface area (Å²) in [6.07, 6.45) is 9.78. The van der Waals surface area contributed by atoms with Crippen molar-refractivity contribution in [1.82, 2.24) is 10.3 Å². The predicted molar refractivity (Wildman–Crippen MR) is 80.4 cm³/mol. The number of hydrogen-bond acceptors (Lipinski definition) is 4. The van der Waals surface area contributed by atoms with E-state index in [1.807, 2.05) is 6.29 Å². The van der Waals surface area contributed by atoms with Crippen LogP contribution in [0.2, 0.25) is 0 Å². The Labute approximate surface area is 127 Å². The Morgan fingerprint density at radius 2 is 2.10 bits per heavy atom. The average Bonchev–Trinajstić information content (AvgIpc) is 2.47. The number of halogens is 1. The van der Waals surface area contributed by atoms with Crippen molar-refractivity contribution in [1.29, 1.82) is 0 Å². The summed E-state index contributed by atoms with van der Waals surface area (Å²) in [5, 5.41) is 3.18. The van der Waals surface area contributed by atoms with E-state index in [0.717, 1.165) is 36.6 Å². The standard InChI is InChI=1S/C15H18BrN2O2/c1-11(10-19)18-15(5-3-2-4-6-15)14(20)12-7-13(16)9-17-8-12/h7-9,11,18H,2-6H2,1H3. The SMILES string of the molecule is CC([C]=O)NC1(C(=O)c2cncc(Br)c2)CCCCC1. The summed E-state index contributed by atoms with van der Waals surface area (Å²) in [6.45, 7) is 1.73. The van der Waals surface area contributed by atoms with Crippen molar-refractivity contribution in [3.8, 4) is 0 Å². The number of rotatable bonds is 5. The van der Waals surface area contributed by atoms with Gasteiger partial charge in [0, 0.05) is 22.4 Å². The highest BCUT2D eigenvalue weighted by Gasteiger charge is 2.40. The van der Waals surface area contributed by atoms with Crippen LogP contribution < -0.4 is 5.32 Å². The first-order valence-electron chi connectivity index (χ1n) is 6.88. The Hall–Kier alpha value is -1.07. The summed E-state index contributed by atoms with van der Waals surface area (Å²) in [5.74, 6) is 0.0214. The largest absolute Gasteiger partial charge is 0.295 e. The third-order valence-electron chi connectivity index (χ3n) is 3.78. The molecule has 1 N–H and O–H groups in total. The molecule has 1 radical (unpaired) electrons. The zero-order chi connectivity index (χ0) is 14.6. The van der Waals surface area contributed by atoms with Crippen molar-refractivity contribution in [3.63, 3.8) is 0 Å². The molecule has 0 aromatic carbocycles. The lowest BCUT2D eigenvalue weighted by molar-refractivity contribution is 0.0788. The van der Waals surface area contributed by atoms with Gasteiger partial charge in [-0.3, -0.25) is 19.9 Å². The molecule has 1 atom stereocenters. The van der Waals surface area contributed by atoms with Crippen molar-refractivity contribution < 1.29 is 9.59 Å². The van der Waals surface area contributed by atoms with E-state index < -0.39 is 11.6 Å². The lowest BCUT2D eigenvalue weighted by Gasteiger charge is -2.38. The summed E-state index contributed by atoms with van der Waals surface area (Å²) < 4.78 is 0.782. The van der Waals surface area contributed by atoms with Crippen LogP contribution in [-0.4, -0.2) is 28.6 Å². The zero-order valence-electron chi connectivity index (χ0n) is 11.5. The van der Waals surface area contributed by atoms with Crippen molar-refractivity contribution >= 4 is 28.0 Å². The molecular weight excluding hydrogens is 320 g/mol. The van der Waals surface area contributed by atoms with Crippen molar-refractivity contribution in [3.05, 3.63) is 28.5 Å². The molecule has 1 heterocycles. The predicted octanol–water partition coefficient (Wildman–Crippen LogP) is 2.82. The average molecular weight is 338 g/mol. The molecule has 1 fully saturated rings. The Morgan fingerprint density at radius 1 is 1.40 bits per heavy atom. The number of pyridine rings is 1. The number of Topliss-reactive ketones (excluding diaryl/α,β-unsaturated/α-hetero) is 1. The van der Waals surface area contributed by atoms with E-state index in [1.165, 1.54) is 0 Å². The van der Waals surface area contributed by atoms with Crippen molar-refractivity contribution in [2.75, 3.05) is 0 Å². The molecule has 1 unspecified atom stereocenters. The molecule has 20 heavy (non-hydrogen) atoms. The molecule has 4 nitrogen and oxygen atoms in total. The van der Waals surface area contributed by atoms with Gasteiger partial charge in [0.05, 0.1) is 11.6 Å². The van der Waals surface area contributed by atoms with Gasteiger partial charge in [-0.15, -0.1) is 0 Å². The van der Waals surface area contributed by atoms with Gasteiger partial charge in [0.2, 0.25) is 6.29 Å². The van der Waals surface area contributed by atoms with Gasteiger partial charge >= 0.3 is 0 Å². The third-order valence-corrected chi connectivity index (χ3v) is 4.21. The molecule has 1 aromatic rings. The molecule has 1 aliphatic rings. The third kappa shape index (κ3) is 3.33. The topological polar surface area (TPSA) is 59.1 Å². The maximum absolute atomic E-state index is 12.9. The molecule has 5 heteroatoms. The first-order chi connectivity index (χ1) is 9.57. The Kier molecular flexibility index (Phi) is 5.05. The monoisotopic (exact) mass is 337 g/mol. The number of hydrogen-bond donors (Lipinski definition) is 1. The fourth-order valence-electron chi connectivity index (χ4n) is 2.85. The van der Waals surface area contributed by atoms with E-state index in [4.69, 9.17) is 0 Å². The fourth-order valence-corrected chi connectivity index (χ4v) is 3.21. The molecule has 0 spiro atoms. The lowest BCUT2D eigenvalue weighted by Crippen LogP contribution is -2.56. The lowest BCUT2D eigenvalue weighted by atomic mass is 9.76. The molecular formula is C15H18BrN2O2. The number of nitrogens with one attached hydrogen (secondary N) is 1. The van der Waals surface area contributed by atoms with E-state index in [9.17, 15) is 9.59 Å². The van der Waals surface area contributed by atoms with Crippen LogP contribution in [0.1, 0.15) is 49.4 Å². The Balaban J connectivity index is 2.30. The van der Waals surface area contributed by atoms with Crippen LogP contribution in [0.15, 0.2) is 22.9 Å². The number of aromatic nitrogens is 1. The maximum atomic E-state index is 12.9. The van der Waals surface area contributed by atoms with E-state index in [2.05, 4.69) is 26.2 Å². The molecule has 0 bridgehead atoms. The van der Waals surface area contributed by atoms with E-state index in [1.54, 1.807) is 25.4 Å². The quantitative estimate of drug-likeness (QED) is 0.839. The van der Waals surface area contributed by atoms with Gasteiger partial charge in [0.15, 0.2) is 5.78 Å². The van der Waals surface area contributed by atoms with Gasteiger partial charge in [-0.1, -0.05) is 19.3 Å². The maximum Gasteiger partial charge on any atom is 0.216 e. The first kappa shape index (κ1) is 15.3. The minimum absolute atomic E-state index is 0.0214. The second-order valence-electron chi connectivity index (χ2n) is 5.35. The van der Waals surface area contributed by atoms with Crippen LogP contribution in [0.3, 0.4) is 0 Å². The van der Waals surface area contributed by atoms with Crippen LogP contribution in [0.4, 0.5) is 0 Å². The summed E-state index contributed by atoms with van der Waals surface area (Å²) >= 11 is 3.34. The van der Waals surface area contributed by atoms with Crippen LogP contribution in [0.25, 0.3) is 0 Å². The van der Waals surface area contributed by atoms with Crippen LogP contribution >= 0.6 is 15.9 Å². The van der Waals surface area contributed by atoms with Crippen molar-refractivity contribution in [2.45, 2.75) is 50.6 Å². The smallest absolute Gasteiger partial charge is 0.216 e. The summed E-state index contributed by atoms with van der Waals surface area (Å²) in [6, 6.07) is 1.33. The van der Waals surface area contributed by atoms with Crippen LogP contribution in [0, 0.1) is 0 Å². The number of carbonyl (C=O) groups is 1. The van der Waals surface area contributed by atoms with Gasteiger partial charge in [0.25, 0.3) is 0 Å². The second kappa shape index (κ2) is 6.59. The summed E-state index contributed by atoms with van der Waals surface area (Å²) in [4.78, 5) is 27.7. The molecule has 2 rings (SSSR count). The fraction of sp³-hybridized carbons (Fsp3) is 0.533. The molecule has 0 amide bonds. The highest BCUT2D eigenvalue weighted by atomic mass is 79.9. The highest BCUT2D eigenvalue weighted by Crippen LogP contribution is 2.32. The molecule has 1 aromatic heterocycles. The minimum Gasteiger partial charge on any atom is -0.295 e. The van der Waals surface area contributed by atoms with E-state index >= 15 is 0 Å². The summed E-state index contributed by atoms with van der Waals surface area (Å²) in [7, 11) is 0. The van der Waals surface area contributed by atoms with Crippen LogP contribution in [-0.2, 0) is 4.79 Å². The van der Waals surface area contributed by atoms with E-state index in [-0.39, 0.29) is 5.78 Å². The van der Waals surface area contributed by atoms with Crippen LogP contribution in [0.5, 0.6) is 0 Å². The van der Waals surface area contributed by atoms with Gasteiger partial charge in [-0.25, -0.2) is 0 Å². The van der Waals surface area contributed by atoms with Crippen molar-refractivity contribution in [2.24, 2.45) is 0 Å². The zero-order valence-corrected chi connectivity index (χ0v) is 13.1. The Morgan fingerprint density at radius 3 is 2.70 bits per heavy atom. The Bertz CT molecular complexity index is 498. The van der Waals surface area contributed by atoms with Gasteiger partial charge in [-0.2, -0.15) is 0 Å². The summed E-state index contributed by atoms with van der Waals surface area (Å²) in [5.41, 5.74) is -0.0794. The highest BCUT2D eigenvalue weighted by molar-refractivity contribution is 9.10. The molecule has 0 saturated heterocycles. The van der Waals surface area contributed by atoms with Gasteiger partial charge < -0.3 is 0 Å². The minimum atomic E-state index is -0.655. The molecule has 1 saturated carbocycles. The van der Waals surface area contributed by atoms with E-state index in [0.29, 0.717) is 5.56 Å². The second-order valence-corrected chi connectivity index (χ2v) is 6.26. The molecule has 107 valence electrons. The molecule has 0 aliphatic heterocycles.